The maximum absolute atomic E-state index is 10.9. The van der Waals surface area contributed by atoms with Gasteiger partial charge in [0.25, 0.3) is 0 Å². The molecule has 0 atom stereocenters. The minimum Gasteiger partial charge on any atom is -0.370 e. The van der Waals surface area contributed by atoms with Gasteiger partial charge in [0.15, 0.2) is 0 Å². The van der Waals surface area contributed by atoms with E-state index in [1.807, 2.05) is 6.92 Å². The molecule has 0 saturated heterocycles. The molecule has 2 rings (SSSR count). The number of anilines is 2. The Hall–Kier alpha value is -1.85. The zero-order valence-electron chi connectivity index (χ0n) is 11.5. The van der Waals surface area contributed by atoms with E-state index in [9.17, 15) is 4.79 Å². The fourth-order valence-corrected chi connectivity index (χ4v) is 1.82. The number of carbonyl (C=O) groups is 1. The van der Waals surface area contributed by atoms with Crippen LogP contribution >= 0.6 is 0 Å². The molecule has 6 nitrogen and oxygen atoms in total. The monoisotopic (exact) mass is 263 g/mol. The van der Waals surface area contributed by atoms with Crippen molar-refractivity contribution in [2.24, 2.45) is 5.73 Å². The molecular weight excluding hydrogens is 242 g/mol. The molecule has 4 N–H and O–H groups in total. The molecule has 0 radical (unpaired) electrons. The Morgan fingerprint density at radius 3 is 2.47 bits per heavy atom. The third-order valence-electron chi connectivity index (χ3n) is 3.08. The second-order valence-electron chi connectivity index (χ2n) is 4.92. The van der Waals surface area contributed by atoms with Gasteiger partial charge in [-0.15, -0.1) is 0 Å². The van der Waals surface area contributed by atoms with Crippen LogP contribution in [-0.2, 0) is 4.79 Å². The SMILES string of the molecule is CCCNc1nc(C2CC2)nc(NCC(N)=O)c1C. The number of carbonyl (C=O) groups excluding carboxylic acids is 1. The van der Waals surface area contributed by atoms with E-state index in [0.717, 1.165) is 43.0 Å². The highest BCUT2D eigenvalue weighted by atomic mass is 16.1. The van der Waals surface area contributed by atoms with E-state index in [0.29, 0.717) is 11.7 Å². The molecule has 1 saturated carbocycles. The molecule has 1 aromatic rings. The van der Waals surface area contributed by atoms with Gasteiger partial charge in [-0.2, -0.15) is 0 Å². The maximum Gasteiger partial charge on any atom is 0.236 e. The zero-order valence-corrected chi connectivity index (χ0v) is 11.5. The van der Waals surface area contributed by atoms with Gasteiger partial charge < -0.3 is 16.4 Å². The van der Waals surface area contributed by atoms with Crippen molar-refractivity contribution in [1.82, 2.24) is 9.97 Å². The number of primary amides is 1. The van der Waals surface area contributed by atoms with E-state index in [4.69, 9.17) is 5.73 Å². The Morgan fingerprint density at radius 2 is 1.95 bits per heavy atom. The number of nitrogens with two attached hydrogens (primary N) is 1. The summed E-state index contributed by atoms with van der Waals surface area (Å²) >= 11 is 0. The Morgan fingerprint density at radius 1 is 1.32 bits per heavy atom. The average molecular weight is 263 g/mol. The summed E-state index contributed by atoms with van der Waals surface area (Å²) in [5.41, 5.74) is 6.09. The maximum atomic E-state index is 10.9. The summed E-state index contributed by atoms with van der Waals surface area (Å²) in [6.07, 6.45) is 3.32. The third-order valence-corrected chi connectivity index (χ3v) is 3.08. The molecule has 1 amide bonds. The minimum atomic E-state index is -0.394. The molecule has 1 fully saturated rings. The predicted octanol–water partition coefficient (Wildman–Crippen LogP) is 1.38. The van der Waals surface area contributed by atoms with Crippen molar-refractivity contribution in [2.75, 3.05) is 23.7 Å². The second-order valence-corrected chi connectivity index (χ2v) is 4.92. The first kappa shape index (κ1) is 13.6. The van der Waals surface area contributed by atoms with Crippen molar-refractivity contribution in [1.29, 1.82) is 0 Å². The molecule has 1 heterocycles. The Kier molecular flexibility index (Phi) is 4.19. The summed E-state index contributed by atoms with van der Waals surface area (Å²) in [6, 6.07) is 0. The van der Waals surface area contributed by atoms with E-state index < -0.39 is 5.91 Å². The summed E-state index contributed by atoms with van der Waals surface area (Å²) in [5.74, 6) is 2.49. The third kappa shape index (κ3) is 3.56. The highest BCUT2D eigenvalue weighted by Gasteiger charge is 2.28. The van der Waals surface area contributed by atoms with Crippen LogP contribution in [0.15, 0.2) is 0 Å². The van der Waals surface area contributed by atoms with Crippen LogP contribution in [0.4, 0.5) is 11.6 Å². The lowest BCUT2D eigenvalue weighted by Crippen LogP contribution is -2.23. The van der Waals surface area contributed by atoms with Gasteiger partial charge in [-0.25, -0.2) is 9.97 Å². The molecule has 6 heteroatoms. The van der Waals surface area contributed by atoms with Crippen molar-refractivity contribution >= 4 is 17.5 Å². The first-order valence-corrected chi connectivity index (χ1v) is 6.76. The van der Waals surface area contributed by atoms with Crippen molar-refractivity contribution in [3.8, 4) is 0 Å². The molecule has 19 heavy (non-hydrogen) atoms. The van der Waals surface area contributed by atoms with Gasteiger partial charge >= 0.3 is 0 Å². The number of nitrogens with zero attached hydrogens (tertiary/aromatic N) is 2. The molecular formula is C13H21N5O. The summed E-state index contributed by atoms with van der Waals surface area (Å²) in [7, 11) is 0. The average Bonchev–Trinajstić information content (AvgIpc) is 3.20. The highest BCUT2D eigenvalue weighted by molar-refractivity contribution is 5.79. The van der Waals surface area contributed by atoms with Crippen LogP contribution in [0.25, 0.3) is 0 Å². The topological polar surface area (TPSA) is 92.9 Å². The van der Waals surface area contributed by atoms with Crippen LogP contribution in [0, 0.1) is 6.92 Å². The van der Waals surface area contributed by atoms with E-state index >= 15 is 0 Å². The molecule has 1 aliphatic rings. The Balaban J connectivity index is 2.23. The van der Waals surface area contributed by atoms with Crippen LogP contribution in [0.5, 0.6) is 0 Å². The standard InChI is InChI=1S/C13H21N5O/c1-3-6-15-11-8(2)12(16-7-10(14)19)18-13(17-11)9-4-5-9/h9H,3-7H2,1-2H3,(H2,14,19)(H2,15,16,17,18). The van der Waals surface area contributed by atoms with Gasteiger partial charge in [0.1, 0.15) is 17.5 Å². The summed E-state index contributed by atoms with van der Waals surface area (Å²) < 4.78 is 0. The minimum absolute atomic E-state index is 0.0924. The van der Waals surface area contributed by atoms with Gasteiger partial charge in [0, 0.05) is 18.0 Å². The lowest BCUT2D eigenvalue weighted by atomic mass is 10.2. The quantitative estimate of drug-likeness (QED) is 0.691. The van der Waals surface area contributed by atoms with E-state index in [1.165, 1.54) is 0 Å². The smallest absolute Gasteiger partial charge is 0.236 e. The van der Waals surface area contributed by atoms with Crippen LogP contribution in [-0.4, -0.2) is 29.0 Å². The van der Waals surface area contributed by atoms with Crippen LogP contribution < -0.4 is 16.4 Å². The van der Waals surface area contributed by atoms with Crippen molar-refractivity contribution in [2.45, 2.75) is 39.0 Å². The molecule has 0 spiro atoms. The lowest BCUT2D eigenvalue weighted by Gasteiger charge is -2.14. The van der Waals surface area contributed by atoms with Crippen LogP contribution in [0.1, 0.15) is 43.5 Å². The molecule has 0 aliphatic heterocycles. The predicted molar refractivity (Wildman–Crippen MR) is 75.2 cm³/mol. The van der Waals surface area contributed by atoms with E-state index in [2.05, 4.69) is 27.5 Å². The molecule has 1 aromatic heterocycles. The van der Waals surface area contributed by atoms with Gasteiger partial charge in [0.05, 0.1) is 6.54 Å². The van der Waals surface area contributed by atoms with Crippen molar-refractivity contribution < 1.29 is 4.79 Å². The zero-order chi connectivity index (χ0) is 13.8. The highest BCUT2D eigenvalue weighted by Crippen LogP contribution is 2.39. The number of nitrogens with one attached hydrogen (secondary N) is 2. The number of amides is 1. The second kappa shape index (κ2) is 5.86. The molecule has 0 bridgehead atoms. The fourth-order valence-electron chi connectivity index (χ4n) is 1.82. The molecule has 0 unspecified atom stereocenters. The summed E-state index contributed by atoms with van der Waals surface area (Å²) in [6.45, 7) is 5.02. The van der Waals surface area contributed by atoms with Gasteiger partial charge in [-0.05, 0) is 26.2 Å². The summed E-state index contributed by atoms with van der Waals surface area (Å²) in [4.78, 5) is 20.0. The van der Waals surface area contributed by atoms with E-state index in [-0.39, 0.29) is 6.54 Å². The van der Waals surface area contributed by atoms with Gasteiger partial charge in [0.2, 0.25) is 5.91 Å². The number of aromatic nitrogens is 2. The first-order chi connectivity index (χ1) is 9.11. The van der Waals surface area contributed by atoms with Crippen LogP contribution in [0.2, 0.25) is 0 Å². The van der Waals surface area contributed by atoms with Gasteiger partial charge in [-0.3, -0.25) is 4.79 Å². The Labute approximate surface area is 113 Å². The normalized spacial score (nSPS) is 14.2. The number of hydrogen-bond donors (Lipinski definition) is 3. The molecule has 1 aliphatic carbocycles. The Bertz CT molecular complexity index is 470. The molecule has 0 aromatic carbocycles. The largest absolute Gasteiger partial charge is 0.370 e. The van der Waals surface area contributed by atoms with Gasteiger partial charge in [-0.1, -0.05) is 6.92 Å². The van der Waals surface area contributed by atoms with Crippen molar-refractivity contribution in [3.63, 3.8) is 0 Å². The number of hydrogen-bond acceptors (Lipinski definition) is 5. The van der Waals surface area contributed by atoms with Crippen molar-refractivity contribution in [3.05, 3.63) is 11.4 Å². The number of rotatable bonds is 7. The first-order valence-electron chi connectivity index (χ1n) is 6.76. The van der Waals surface area contributed by atoms with E-state index in [1.54, 1.807) is 0 Å². The fraction of sp³-hybridized carbons (Fsp3) is 0.615. The summed E-state index contributed by atoms with van der Waals surface area (Å²) in [5, 5.41) is 6.29. The lowest BCUT2D eigenvalue weighted by molar-refractivity contribution is -0.116. The molecule has 104 valence electrons. The van der Waals surface area contributed by atoms with Crippen LogP contribution in [0.3, 0.4) is 0 Å².